The van der Waals surface area contributed by atoms with Crippen LogP contribution in [0.5, 0.6) is 46.0 Å². The number of aliphatic hydroxyl groups is 6. The Kier molecular flexibility index (Phi) is 23.7. The first-order valence-electron chi connectivity index (χ1n) is 33.7. The molecule has 0 unspecified atom stereocenters. The first-order valence-corrected chi connectivity index (χ1v) is 34.5. The van der Waals surface area contributed by atoms with Gasteiger partial charge in [0.1, 0.15) is 102 Å². The van der Waals surface area contributed by atoms with Gasteiger partial charge in [-0.25, -0.2) is 4.79 Å². The maximum absolute atomic E-state index is 16.1. The zero-order chi connectivity index (χ0) is 78.1. The van der Waals surface area contributed by atoms with E-state index in [0.717, 1.165) is 66.7 Å². The Hall–Kier alpha value is -10.5. The number of carbonyl (C=O) groups excluding carboxylic acids is 7. The van der Waals surface area contributed by atoms with Crippen LogP contribution in [0.25, 0.3) is 11.1 Å². The summed E-state index contributed by atoms with van der Waals surface area (Å²) in [6.45, 7) is 5.40. The number of amides is 7. The van der Waals surface area contributed by atoms with E-state index in [0.29, 0.717) is 5.56 Å². The number of phenols is 3. The molecule has 6 aromatic rings. The third-order valence-corrected chi connectivity index (χ3v) is 19.1. The lowest BCUT2D eigenvalue weighted by Crippen LogP contribution is -2.64. The van der Waals surface area contributed by atoms with Gasteiger partial charge in [-0.15, -0.1) is 0 Å². The topological polar surface area (TPSA) is 540 Å². The first-order chi connectivity index (χ1) is 51.2. The van der Waals surface area contributed by atoms with Gasteiger partial charge < -0.3 is 128 Å². The standard InChI is InChI=1S/C72H77Cl2N9O25/c1-28(2)16-41(83-102-27-30-8-6-5-7-9-30)65(95)81-55-57(89)32-11-14-44(38(73)18-32)104-46-20-34-21-47(61(46)108-71-62(60(92)59(91)48(26-84)106-71)107-50-25-72(4,76)63(93)29(3)103-50)105-45-15-12-33(19-39(45)74)58(90)56-69(99)80-54(70(100)101)37-22-35(85)23-43(87)51(37)36-17-31(10-13-42(36)86)52(66(96)82-56)79-67(97)53(34)78-64(94)40(24-49(75)88)77-68(55)98/h5-15,17-23,28-29,40,48,50,52-60,62-63,71,84-87,89-93H,16,24-27,76H2,1-4H3,(H2,75,88)(H,77,98)(H,78,94)(H,79,97)(H,80,99)(H,81,95)(H,82,96)(H,100,101)/b83-41-/t29-,40-,48+,50-,52+,53+,54-,55+,56-,57+,58+,59+,60-,62+,63+,71-,72-/m0/s1. The number of fused-ring (bicyclic) bond motifs is 15. The SMILES string of the molecule is CC(C)C/C(=N/OCc1ccccc1)C(=O)N[C@H]1C(=O)N[C@@H](CC(N)=O)C(=O)N[C@H]2C(=O)N[C@H]3C(=O)N[C@H](C(=O)N[C@H](C(=O)O)c4cc(O)cc(O)c4-c4cc3ccc4O)[C@H](O)c3ccc(c(Cl)c3)Oc3cc2cc(c3O[C@@H]2O[C@H](CO)[C@@H](O)[C@H](O)[C@H]2O[C@H]2C[C@](C)(N)[C@H](O)[C@H](C)O2)Oc2ccc(cc2Cl)[C@H]1O. The van der Waals surface area contributed by atoms with E-state index in [9.17, 15) is 70.2 Å². The Balaban J connectivity index is 1.14. The van der Waals surface area contributed by atoms with Crippen molar-refractivity contribution in [2.45, 2.75) is 157 Å². The van der Waals surface area contributed by atoms with Gasteiger partial charge in [0, 0.05) is 41.1 Å². The number of oxime groups is 1. The van der Waals surface area contributed by atoms with E-state index in [-0.39, 0.29) is 53.5 Å². The number of aliphatic hydroxyl groups excluding tert-OH is 6. The second-order valence-electron chi connectivity index (χ2n) is 27.1. The number of carboxylic acids is 1. The molecule has 0 aliphatic carbocycles. The van der Waals surface area contributed by atoms with E-state index in [1.165, 1.54) is 26.0 Å². The highest BCUT2D eigenvalue weighted by atomic mass is 35.5. The number of aromatic hydroxyl groups is 3. The summed E-state index contributed by atoms with van der Waals surface area (Å²) in [6.07, 6.45) is -19.1. The lowest BCUT2D eigenvalue weighted by atomic mass is 9.86. The molecule has 574 valence electrons. The fourth-order valence-electron chi connectivity index (χ4n) is 13.0. The largest absolute Gasteiger partial charge is 0.508 e. The highest BCUT2D eigenvalue weighted by molar-refractivity contribution is 6.39. The molecule has 0 spiro atoms. The van der Waals surface area contributed by atoms with Crippen LogP contribution in [0.4, 0.5) is 0 Å². The van der Waals surface area contributed by atoms with E-state index < -0.39 is 236 Å². The highest BCUT2D eigenvalue weighted by Gasteiger charge is 2.52. The zero-order valence-corrected chi connectivity index (χ0v) is 59.2. The van der Waals surface area contributed by atoms with Crippen molar-refractivity contribution in [1.29, 1.82) is 0 Å². The van der Waals surface area contributed by atoms with Crippen LogP contribution in [-0.4, -0.2) is 184 Å². The highest BCUT2D eigenvalue weighted by Crippen LogP contribution is 2.50. The minimum absolute atomic E-state index is 0.0699. The summed E-state index contributed by atoms with van der Waals surface area (Å²) < 4.78 is 38.4. The van der Waals surface area contributed by atoms with Gasteiger partial charge in [-0.2, -0.15) is 0 Å². The molecular weight excluding hydrogens is 1460 g/mol. The fraction of sp³-hybridized carbons (Fsp3) is 0.375. The molecule has 0 saturated carbocycles. The van der Waals surface area contributed by atoms with Crippen molar-refractivity contribution < 1.29 is 123 Å². The maximum atomic E-state index is 16.1. The third kappa shape index (κ3) is 17.1. The Morgan fingerprint density at radius 1 is 0.704 bits per heavy atom. The van der Waals surface area contributed by atoms with Crippen LogP contribution >= 0.6 is 23.2 Å². The monoisotopic (exact) mass is 1540 g/mol. The summed E-state index contributed by atoms with van der Waals surface area (Å²) in [6, 6.07) is 8.64. The maximum Gasteiger partial charge on any atom is 0.330 e. The summed E-state index contributed by atoms with van der Waals surface area (Å²) in [7, 11) is 0. The zero-order valence-electron chi connectivity index (χ0n) is 57.7. The van der Waals surface area contributed by atoms with Gasteiger partial charge in [0.15, 0.2) is 29.9 Å². The lowest BCUT2D eigenvalue weighted by Gasteiger charge is -2.47. The molecule has 2 saturated heterocycles. The number of benzene rings is 6. The van der Waals surface area contributed by atoms with Crippen molar-refractivity contribution in [2.75, 3.05) is 6.61 Å². The number of rotatable bonds is 15. The number of carboxylic acid groups (broad SMARTS) is 1. The number of hydrogen-bond donors (Lipinski definition) is 18. The molecule has 7 amide bonds. The number of hydrogen-bond acceptors (Lipinski definition) is 26. The third-order valence-electron chi connectivity index (χ3n) is 18.5. The number of aliphatic carboxylic acids is 1. The van der Waals surface area contributed by atoms with Crippen LogP contribution in [0.3, 0.4) is 0 Å². The molecule has 0 aromatic heterocycles. The second-order valence-corrected chi connectivity index (χ2v) is 27.9. The quantitative estimate of drug-likeness (QED) is 0.0517. The minimum Gasteiger partial charge on any atom is -0.508 e. The molecular formula is C72H77Cl2N9O25. The molecule has 20 N–H and O–H groups in total. The number of ether oxygens (including phenoxy) is 6. The normalized spacial score (nSPS) is 28.1. The van der Waals surface area contributed by atoms with Gasteiger partial charge >= 0.3 is 5.97 Å². The molecule has 0 radical (unpaired) electrons. The van der Waals surface area contributed by atoms with E-state index in [4.69, 9.17) is 67.9 Å². The van der Waals surface area contributed by atoms with Gasteiger partial charge in [-0.1, -0.05) is 90.7 Å². The second kappa shape index (κ2) is 32.5. The number of nitrogens with zero attached hydrogens (tertiary/aromatic N) is 1. The van der Waals surface area contributed by atoms with Crippen LogP contribution < -0.4 is 57.6 Å². The summed E-state index contributed by atoms with van der Waals surface area (Å²) >= 11 is 14.2. The van der Waals surface area contributed by atoms with Gasteiger partial charge in [0.25, 0.3) is 5.91 Å². The van der Waals surface area contributed by atoms with Gasteiger partial charge in [-0.3, -0.25) is 33.6 Å². The molecule has 2 fully saturated rings. The minimum atomic E-state index is -2.38. The number of nitrogens with one attached hydrogen (secondary N) is 6. The predicted octanol–water partition coefficient (Wildman–Crippen LogP) is 2.09. The number of phenolic OH excluding ortho intramolecular Hbond substituents is 3. The average molecular weight is 1540 g/mol. The summed E-state index contributed by atoms with van der Waals surface area (Å²) in [4.78, 5) is 124. The number of nitrogens with two attached hydrogens (primary N) is 2. The van der Waals surface area contributed by atoms with Gasteiger partial charge in [-0.05, 0) is 102 Å². The molecule has 17 atom stereocenters. The van der Waals surface area contributed by atoms with Crippen molar-refractivity contribution in [3.63, 3.8) is 0 Å². The van der Waals surface area contributed by atoms with E-state index >= 15 is 19.2 Å². The molecule has 34 nitrogen and oxygen atoms in total. The molecule has 6 aromatic carbocycles. The smallest absolute Gasteiger partial charge is 0.330 e. The Bertz CT molecular complexity index is 4520. The van der Waals surface area contributed by atoms with Gasteiger partial charge in [0.05, 0.1) is 35.3 Å². The van der Waals surface area contributed by atoms with Gasteiger partial charge in [0.2, 0.25) is 47.5 Å². The molecule has 11 bridgehead atoms. The summed E-state index contributed by atoms with van der Waals surface area (Å²) in [5.74, 6) is -16.7. The number of primary amides is 1. The predicted molar refractivity (Wildman–Crippen MR) is 375 cm³/mol. The molecule has 108 heavy (non-hydrogen) atoms. The van der Waals surface area contributed by atoms with Crippen molar-refractivity contribution in [1.82, 2.24) is 31.9 Å². The molecule has 7 heterocycles. The van der Waals surface area contributed by atoms with Crippen molar-refractivity contribution in [2.24, 2.45) is 22.5 Å². The molecule has 7 aliphatic rings. The van der Waals surface area contributed by atoms with Crippen molar-refractivity contribution in [3.05, 3.63) is 153 Å². The van der Waals surface area contributed by atoms with Crippen LogP contribution in [-0.2, 0) is 64.0 Å². The number of halogens is 2. The Morgan fingerprint density at radius 2 is 1.32 bits per heavy atom. The number of carbonyl (C=O) groups is 8. The Labute approximate surface area is 623 Å². The average Bonchev–Trinajstić information content (AvgIpc) is 0.762. The summed E-state index contributed by atoms with van der Waals surface area (Å²) in [5, 5.41) is 132. The van der Waals surface area contributed by atoms with E-state index in [1.807, 2.05) is 0 Å². The summed E-state index contributed by atoms with van der Waals surface area (Å²) in [5.41, 5.74) is 8.33. The molecule has 7 aliphatic heterocycles. The molecule has 36 heteroatoms. The first kappa shape index (κ1) is 78.6. The van der Waals surface area contributed by atoms with Crippen LogP contribution in [0.2, 0.25) is 10.0 Å². The fourth-order valence-corrected chi connectivity index (χ4v) is 13.4. The van der Waals surface area contributed by atoms with Crippen molar-refractivity contribution >= 4 is 76.2 Å². The lowest BCUT2D eigenvalue weighted by molar-refractivity contribution is -0.333. The van der Waals surface area contributed by atoms with E-state index in [1.54, 1.807) is 44.2 Å². The Morgan fingerprint density at radius 3 is 1.94 bits per heavy atom. The molecule has 13 rings (SSSR count). The van der Waals surface area contributed by atoms with Crippen LogP contribution in [0.15, 0.2) is 114 Å². The van der Waals surface area contributed by atoms with Crippen LogP contribution in [0.1, 0.15) is 111 Å². The van der Waals surface area contributed by atoms with Crippen LogP contribution in [0, 0.1) is 5.92 Å². The van der Waals surface area contributed by atoms with E-state index in [2.05, 4.69) is 37.1 Å². The van der Waals surface area contributed by atoms with Crippen molar-refractivity contribution in [3.8, 4) is 57.1 Å².